The first kappa shape index (κ1) is 12.8. The lowest BCUT2D eigenvalue weighted by atomic mass is 10.2. The van der Waals surface area contributed by atoms with Gasteiger partial charge in [-0.3, -0.25) is 4.79 Å². The van der Waals surface area contributed by atoms with Crippen LogP contribution in [0, 0.1) is 5.92 Å². The van der Waals surface area contributed by atoms with Crippen LogP contribution < -0.4 is 10.7 Å². The summed E-state index contributed by atoms with van der Waals surface area (Å²) in [4.78, 5) is 11.7. The molecular weight excluding hydrogens is 224 g/mol. The van der Waals surface area contributed by atoms with E-state index < -0.39 is 0 Å². The molecule has 0 unspecified atom stereocenters. The minimum atomic E-state index is 0.0944. The molecule has 1 aromatic heterocycles. The van der Waals surface area contributed by atoms with Crippen LogP contribution in [0.25, 0.3) is 10.9 Å². The molecule has 18 heavy (non-hydrogen) atoms. The smallest absolute Gasteiger partial charge is 0.189 e. The van der Waals surface area contributed by atoms with Gasteiger partial charge in [0.15, 0.2) is 5.43 Å². The summed E-state index contributed by atoms with van der Waals surface area (Å²) in [5.74, 6) is 0.663. The van der Waals surface area contributed by atoms with Crippen molar-refractivity contribution in [2.24, 2.45) is 5.92 Å². The predicted molar refractivity (Wildman–Crippen MR) is 75.9 cm³/mol. The van der Waals surface area contributed by atoms with Crippen LogP contribution in [0.4, 0.5) is 0 Å². The molecule has 0 fully saturated rings. The summed E-state index contributed by atoms with van der Waals surface area (Å²) in [6, 6.07) is 9.41. The average Bonchev–Trinajstić information content (AvgIpc) is 2.37. The molecule has 3 nitrogen and oxygen atoms in total. The van der Waals surface area contributed by atoms with E-state index in [2.05, 4.69) is 23.7 Å². The molecule has 0 bridgehead atoms. The third kappa shape index (κ3) is 2.99. The van der Waals surface area contributed by atoms with Gasteiger partial charge in [-0.1, -0.05) is 26.0 Å². The van der Waals surface area contributed by atoms with Crippen molar-refractivity contribution in [1.29, 1.82) is 0 Å². The van der Waals surface area contributed by atoms with Crippen LogP contribution in [-0.4, -0.2) is 17.7 Å². The summed E-state index contributed by atoms with van der Waals surface area (Å²) in [5, 5.41) is 4.21. The molecule has 2 rings (SSSR count). The molecule has 1 N–H and O–H groups in total. The quantitative estimate of drug-likeness (QED) is 0.818. The van der Waals surface area contributed by atoms with Gasteiger partial charge in [-0.2, -0.15) is 0 Å². The van der Waals surface area contributed by atoms with Crippen molar-refractivity contribution >= 4 is 10.9 Å². The first-order valence-electron chi connectivity index (χ1n) is 6.47. The summed E-state index contributed by atoms with van der Waals surface area (Å²) in [5.41, 5.74) is 1.10. The van der Waals surface area contributed by atoms with E-state index in [0.717, 1.165) is 30.5 Å². The number of rotatable bonds is 5. The van der Waals surface area contributed by atoms with E-state index in [4.69, 9.17) is 0 Å². The van der Waals surface area contributed by atoms with Gasteiger partial charge in [-0.25, -0.2) is 0 Å². The third-order valence-corrected chi connectivity index (χ3v) is 2.97. The van der Waals surface area contributed by atoms with Crippen molar-refractivity contribution in [3.8, 4) is 0 Å². The SMILES string of the molecule is CC(C)CNCCn1ccc(=O)c2ccccc21. The average molecular weight is 244 g/mol. The maximum atomic E-state index is 11.7. The summed E-state index contributed by atoms with van der Waals surface area (Å²) in [6.07, 6.45) is 1.88. The molecule has 96 valence electrons. The lowest BCUT2D eigenvalue weighted by Crippen LogP contribution is -2.24. The minimum absolute atomic E-state index is 0.0944. The summed E-state index contributed by atoms with van der Waals surface area (Å²) < 4.78 is 2.13. The van der Waals surface area contributed by atoms with Crippen LogP contribution in [0.1, 0.15) is 13.8 Å². The number of aromatic nitrogens is 1. The lowest BCUT2D eigenvalue weighted by Gasteiger charge is -2.12. The molecule has 2 aromatic rings. The number of benzene rings is 1. The Balaban J connectivity index is 2.14. The van der Waals surface area contributed by atoms with Gasteiger partial charge >= 0.3 is 0 Å². The Morgan fingerprint density at radius 2 is 2.00 bits per heavy atom. The molecule has 0 aliphatic carbocycles. The van der Waals surface area contributed by atoms with Crippen molar-refractivity contribution < 1.29 is 0 Å². The molecular formula is C15H20N2O. The molecule has 0 saturated carbocycles. The van der Waals surface area contributed by atoms with Crippen molar-refractivity contribution in [2.75, 3.05) is 13.1 Å². The van der Waals surface area contributed by atoms with Crippen LogP contribution in [0.15, 0.2) is 41.3 Å². The molecule has 0 saturated heterocycles. The Kier molecular flexibility index (Phi) is 4.15. The van der Waals surface area contributed by atoms with Gasteiger partial charge in [0.05, 0.1) is 5.52 Å². The van der Waals surface area contributed by atoms with Crippen molar-refractivity contribution in [1.82, 2.24) is 9.88 Å². The molecule has 0 atom stereocenters. The number of para-hydroxylation sites is 1. The number of pyridine rings is 1. The van der Waals surface area contributed by atoms with Gasteiger partial charge in [-0.15, -0.1) is 0 Å². The maximum Gasteiger partial charge on any atom is 0.189 e. The Bertz CT molecular complexity index is 572. The molecule has 0 aliphatic rings. The first-order chi connectivity index (χ1) is 8.68. The zero-order chi connectivity index (χ0) is 13.0. The summed E-state index contributed by atoms with van der Waals surface area (Å²) in [6.45, 7) is 7.22. The number of nitrogens with one attached hydrogen (secondary N) is 1. The Morgan fingerprint density at radius 1 is 1.22 bits per heavy atom. The lowest BCUT2D eigenvalue weighted by molar-refractivity contribution is 0.528. The molecule has 0 radical (unpaired) electrons. The van der Waals surface area contributed by atoms with E-state index >= 15 is 0 Å². The standard InChI is InChI=1S/C15H20N2O/c1-12(2)11-16-8-10-17-9-7-15(18)13-5-3-4-6-14(13)17/h3-7,9,12,16H,8,10-11H2,1-2H3. The second-order valence-corrected chi connectivity index (χ2v) is 4.99. The van der Waals surface area contributed by atoms with Crippen molar-refractivity contribution in [3.63, 3.8) is 0 Å². The molecule has 0 aliphatic heterocycles. The predicted octanol–water partition coefficient (Wildman–Crippen LogP) is 2.25. The molecule has 0 amide bonds. The normalized spacial score (nSPS) is 11.3. The van der Waals surface area contributed by atoms with Gasteiger partial charge < -0.3 is 9.88 Å². The second kappa shape index (κ2) is 5.83. The fourth-order valence-corrected chi connectivity index (χ4v) is 2.05. The number of nitrogens with zero attached hydrogens (tertiary/aromatic N) is 1. The number of fused-ring (bicyclic) bond motifs is 1. The van der Waals surface area contributed by atoms with Gasteiger partial charge in [0.25, 0.3) is 0 Å². The Morgan fingerprint density at radius 3 is 2.78 bits per heavy atom. The van der Waals surface area contributed by atoms with Gasteiger partial charge in [0, 0.05) is 30.7 Å². The molecule has 1 heterocycles. The van der Waals surface area contributed by atoms with E-state index in [9.17, 15) is 4.79 Å². The van der Waals surface area contributed by atoms with Crippen LogP contribution in [0.5, 0.6) is 0 Å². The fraction of sp³-hybridized carbons (Fsp3) is 0.400. The van der Waals surface area contributed by atoms with Crippen LogP contribution in [0.3, 0.4) is 0 Å². The summed E-state index contributed by atoms with van der Waals surface area (Å²) >= 11 is 0. The van der Waals surface area contributed by atoms with Gasteiger partial charge in [0.1, 0.15) is 0 Å². The highest BCUT2D eigenvalue weighted by molar-refractivity contribution is 5.78. The fourth-order valence-electron chi connectivity index (χ4n) is 2.05. The largest absolute Gasteiger partial charge is 0.346 e. The highest BCUT2D eigenvalue weighted by atomic mass is 16.1. The first-order valence-corrected chi connectivity index (χ1v) is 6.47. The zero-order valence-electron chi connectivity index (χ0n) is 11.0. The van der Waals surface area contributed by atoms with Crippen LogP contribution >= 0.6 is 0 Å². The monoisotopic (exact) mass is 244 g/mol. The molecule has 1 aromatic carbocycles. The third-order valence-electron chi connectivity index (χ3n) is 2.97. The summed E-state index contributed by atoms with van der Waals surface area (Å²) in [7, 11) is 0. The van der Waals surface area contributed by atoms with E-state index in [1.165, 1.54) is 0 Å². The maximum absolute atomic E-state index is 11.7. The molecule has 0 spiro atoms. The van der Waals surface area contributed by atoms with E-state index in [0.29, 0.717) is 5.92 Å². The van der Waals surface area contributed by atoms with Gasteiger partial charge in [0.2, 0.25) is 0 Å². The number of hydrogen-bond acceptors (Lipinski definition) is 2. The number of hydrogen-bond donors (Lipinski definition) is 1. The molecule has 3 heteroatoms. The Labute approximate surface area is 107 Å². The second-order valence-electron chi connectivity index (χ2n) is 4.99. The van der Waals surface area contributed by atoms with E-state index in [1.807, 2.05) is 30.5 Å². The highest BCUT2D eigenvalue weighted by Crippen LogP contribution is 2.08. The highest BCUT2D eigenvalue weighted by Gasteiger charge is 2.01. The van der Waals surface area contributed by atoms with Crippen LogP contribution in [0.2, 0.25) is 0 Å². The van der Waals surface area contributed by atoms with E-state index in [1.54, 1.807) is 6.07 Å². The van der Waals surface area contributed by atoms with Crippen molar-refractivity contribution in [2.45, 2.75) is 20.4 Å². The van der Waals surface area contributed by atoms with E-state index in [-0.39, 0.29) is 5.43 Å². The van der Waals surface area contributed by atoms with Gasteiger partial charge in [-0.05, 0) is 24.6 Å². The topological polar surface area (TPSA) is 34.0 Å². The van der Waals surface area contributed by atoms with Crippen molar-refractivity contribution in [3.05, 3.63) is 46.8 Å². The minimum Gasteiger partial charge on any atom is -0.346 e. The van der Waals surface area contributed by atoms with Crippen LogP contribution in [-0.2, 0) is 6.54 Å². The zero-order valence-corrected chi connectivity index (χ0v) is 11.0. The Hall–Kier alpha value is -1.61.